The molecule has 0 unspecified atom stereocenters. The van der Waals surface area contributed by atoms with Crippen molar-refractivity contribution >= 4 is 22.6 Å². The van der Waals surface area contributed by atoms with Gasteiger partial charge in [-0.15, -0.1) is 0 Å². The summed E-state index contributed by atoms with van der Waals surface area (Å²) in [5.74, 6) is 0. The van der Waals surface area contributed by atoms with Crippen molar-refractivity contribution in [3.05, 3.63) is 26.6 Å². The van der Waals surface area contributed by atoms with E-state index in [-0.39, 0.29) is 3.57 Å². The molecule has 0 saturated heterocycles. The summed E-state index contributed by atoms with van der Waals surface area (Å²) in [4.78, 5) is 3.42. The second kappa shape index (κ2) is 4.78. The van der Waals surface area contributed by atoms with Gasteiger partial charge in [-0.25, -0.2) is 8.78 Å². The summed E-state index contributed by atoms with van der Waals surface area (Å²) in [5.41, 5.74) is 2.02. The molecule has 0 radical (unpaired) electrons. The molecule has 1 rings (SSSR count). The molecule has 2 N–H and O–H groups in total. The van der Waals surface area contributed by atoms with Gasteiger partial charge in [-0.2, -0.15) is 13.2 Å². The molecule has 2 nitrogen and oxygen atoms in total. The molecule has 0 saturated carbocycles. The second-order valence-corrected chi connectivity index (χ2v) is 4.01. The molecule has 0 aliphatic rings. The van der Waals surface area contributed by atoms with Crippen LogP contribution in [0.25, 0.3) is 0 Å². The van der Waals surface area contributed by atoms with E-state index in [4.69, 9.17) is 5.73 Å². The quantitative estimate of drug-likeness (QED) is 0.656. The lowest BCUT2D eigenvalue weighted by Gasteiger charge is -2.16. The van der Waals surface area contributed by atoms with Crippen molar-refractivity contribution in [1.82, 2.24) is 4.98 Å². The summed E-state index contributed by atoms with van der Waals surface area (Å²) >= 11 is 1.39. The topological polar surface area (TPSA) is 38.9 Å². The minimum atomic E-state index is -4.88. The monoisotopic (exact) mass is 352 g/mol. The Hall–Kier alpha value is -0.510. The van der Waals surface area contributed by atoms with Crippen molar-refractivity contribution < 1.29 is 22.0 Å². The normalized spacial score (nSPS) is 12.2. The molecule has 0 aromatic carbocycles. The van der Waals surface area contributed by atoms with Crippen LogP contribution in [-0.2, 0) is 12.7 Å². The van der Waals surface area contributed by atoms with Crippen LogP contribution in [0.5, 0.6) is 0 Å². The van der Waals surface area contributed by atoms with E-state index in [2.05, 4.69) is 4.98 Å². The summed E-state index contributed by atoms with van der Waals surface area (Å²) in [6.07, 6.45) is -7.13. The number of nitrogens with two attached hydrogens (primary N) is 1. The number of rotatable bonds is 2. The summed E-state index contributed by atoms with van der Waals surface area (Å²) < 4.78 is 62.7. The van der Waals surface area contributed by atoms with E-state index in [0.717, 1.165) is 6.20 Å². The van der Waals surface area contributed by atoms with Crippen LogP contribution in [0.2, 0.25) is 0 Å². The zero-order valence-corrected chi connectivity index (χ0v) is 9.81. The average Bonchev–Trinajstić information content (AvgIpc) is 2.15. The van der Waals surface area contributed by atoms with E-state index >= 15 is 0 Å². The Balaban J connectivity index is 3.56. The van der Waals surface area contributed by atoms with Crippen molar-refractivity contribution in [3.63, 3.8) is 0 Å². The van der Waals surface area contributed by atoms with Gasteiger partial charge >= 0.3 is 6.18 Å². The molecule has 0 fully saturated rings. The van der Waals surface area contributed by atoms with E-state index in [1.165, 1.54) is 22.6 Å². The highest BCUT2D eigenvalue weighted by Crippen LogP contribution is 2.39. The lowest BCUT2D eigenvalue weighted by molar-refractivity contribution is -0.140. The highest BCUT2D eigenvalue weighted by atomic mass is 127. The molecule has 0 aliphatic heterocycles. The molecule has 8 heteroatoms. The second-order valence-electron chi connectivity index (χ2n) is 2.84. The zero-order valence-electron chi connectivity index (χ0n) is 7.65. The standard InChI is InChI=1S/C8H6F5IN2/c9-7(10)5-3(14)2-16-4(1-15)6(5)8(11,12)13/h2,7H,1,15H2. The van der Waals surface area contributed by atoms with Crippen molar-refractivity contribution in [2.24, 2.45) is 5.73 Å². The molecule has 1 heterocycles. The first-order valence-corrected chi connectivity index (χ1v) is 5.09. The molecule has 0 bridgehead atoms. The Labute approximate surface area is 101 Å². The third-order valence-corrected chi connectivity index (χ3v) is 2.70. The molecule has 16 heavy (non-hydrogen) atoms. The number of pyridine rings is 1. The van der Waals surface area contributed by atoms with Crippen LogP contribution in [0.15, 0.2) is 6.20 Å². The van der Waals surface area contributed by atoms with Gasteiger partial charge in [0.25, 0.3) is 6.43 Å². The largest absolute Gasteiger partial charge is 0.418 e. The van der Waals surface area contributed by atoms with Gasteiger partial charge in [0.2, 0.25) is 0 Å². The van der Waals surface area contributed by atoms with E-state index in [0.29, 0.717) is 0 Å². The van der Waals surface area contributed by atoms with E-state index in [1.54, 1.807) is 0 Å². The number of halogens is 6. The van der Waals surface area contributed by atoms with Crippen LogP contribution in [0.1, 0.15) is 23.2 Å². The summed E-state index contributed by atoms with van der Waals surface area (Å²) in [6, 6.07) is 0. The Bertz CT molecular complexity index is 391. The molecule has 1 aromatic rings. The lowest BCUT2D eigenvalue weighted by atomic mass is 10.1. The third-order valence-electron chi connectivity index (χ3n) is 1.84. The molecular formula is C8H6F5IN2. The molecule has 0 spiro atoms. The number of alkyl halides is 5. The summed E-state index contributed by atoms with van der Waals surface area (Å²) in [6.45, 7) is -0.536. The highest BCUT2D eigenvalue weighted by molar-refractivity contribution is 14.1. The van der Waals surface area contributed by atoms with Gasteiger partial charge in [-0.1, -0.05) is 0 Å². The first kappa shape index (κ1) is 13.6. The van der Waals surface area contributed by atoms with Gasteiger partial charge in [0.05, 0.1) is 11.3 Å². The van der Waals surface area contributed by atoms with Crippen LogP contribution in [0.4, 0.5) is 22.0 Å². The molecule has 1 aromatic heterocycles. The predicted octanol–water partition coefficient (Wildman–Crippen LogP) is 3.10. The number of hydrogen-bond donors (Lipinski definition) is 1. The van der Waals surface area contributed by atoms with Crippen molar-refractivity contribution in [2.45, 2.75) is 19.1 Å². The average molecular weight is 352 g/mol. The maximum absolute atomic E-state index is 12.6. The van der Waals surface area contributed by atoms with Gasteiger partial charge in [-0.05, 0) is 22.6 Å². The predicted molar refractivity (Wildman–Crippen MR) is 54.8 cm³/mol. The van der Waals surface area contributed by atoms with E-state index < -0.39 is 36.0 Å². The van der Waals surface area contributed by atoms with Crippen LogP contribution in [0.3, 0.4) is 0 Å². The Morgan fingerprint density at radius 2 is 1.94 bits per heavy atom. The summed E-state index contributed by atoms with van der Waals surface area (Å²) in [5, 5.41) is 0. The van der Waals surface area contributed by atoms with E-state index in [1.807, 2.05) is 0 Å². The minimum absolute atomic E-state index is 0.225. The van der Waals surface area contributed by atoms with Gasteiger partial charge in [-0.3, -0.25) is 4.98 Å². The third kappa shape index (κ3) is 2.59. The van der Waals surface area contributed by atoms with Crippen molar-refractivity contribution in [1.29, 1.82) is 0 Å². The SMILES string of the molecule is NCc1ncc(I)c(C(F)F)c1C(F)(F)F. The zero-order chi connectivity index (χ0) is 12.5. The fourth-order valence-electron chi connectivity index (χ4n) is 1.23. The molecular weight excluding hydrogens is 346 g/mol. The Morgan fingerprint density at radius 1 is 1.38 bits per heavy atom. The van der Waals surface area contributed by atoms with Gasteiger partial charge < -0.3 is 5.73 Å². The maximum atomic E-state index is 12.6. The minimum Gasteiger partial charge on any atom is -0.325 e. The van der Waals surface area contributed by atoms with Gasteiger partial charge in [0.15, 0.2) is 0 Å². The number of aromatic nitrogens is 1. The summed E-state index contributed by atoms with van der Waals surface area (Å²) in [7, 11) is 0. The van der Waals surface area contributed by atoms with Gasteiger partial charge in [0, 0.05) is 21.9 Å². The van der Waals surface area contributed by atoms with Crippen molar-refractivity contribution in [2.75, 3.05) is 0 Å². The molecule has 0 amide bonds. The first-order valence-electron chi connectivity index (χ1n) is 4.01. The molecule has 0 aliphatic carbocycles. The maximum Gasteiger partial charge on any atom is 0.418 e. The fraction of sp³-hybridized carbons (Fsp3) is 0.375. The lowest BCUT2D eigenvalue weighted by Crippen LogP contribution is -2.18. The number of hydrogen-bond acceptors (Lipinski definition) is 2. The molecule has 0 atom stereocenters. The smallest absolute Gasteiger partial charge is 0.325 e. The van der Waals surface area contributed by atoms with Crippen LogP contribution in [0, 0.1) is 3.57 Å². The van der Waals surface area contributed by atoms with Crippen LogP contribution >= 0.6 is 22.6 Å². The van der Waals surface area contributed by atoms with Crippen LogP contribution < -0.4 is 5.73 Å². The Morgan fingerprint density at radius 3 is 2.31 bits per heavy atom. The van der Waals surface area contributed by atoms with E-state index in [9.17, 15) is 22.0 Å². The fourth-order valence-corrected chi connectivity index (χ4v) is 1.87. The van der Waals surface area contributed by atoms with Gasteiger partial charge in [0.1, 0.15) is 0 Å². The van der Waals surface area contributed by atoms with Crippen molar-refractivity contribution in [3.8, 4) is 0 Å². The van der Waals surface area contributed by atoms with Crippen LogP contribution in [-0.4, -0.2) is 4.98 Å². The molecule has 90 valence electrons. The Kier molecular flexibility index (Phi) is 4.05. The number of nitrogens with zero attached hydrogens (tertiary/aromatic N) is 1. The highest BCUT2D eigenvalue weighted by Gasteiger charge is 2.39. The first-order chi connectivity index (χ1) is 7.29.